The lowest BCUT2D eigenvalue weighted by Crippen LogP contribution is -2.20. The highest BCUT2D eigenvalue weighted by molar-refractivity contribution is 5.87. The van der Waals surface area contributed by atoms with Gasteiger partial charge in [0.15, 0.2) is 0 Å². The molecule has 1 atom stereocenters. The molecule has 0 aliphatic carbocycles. The Morgan fingerprint density at radius 2 is 2.36 bits per heavy atom. The van der Waals surface area contributed by atoms with Gasteiger partial charge in [0.25, 0.3) is 0 Å². The number of hydrogen-bond acceptors (Lipinski definition) is 3. The number of carbonyl (C=O) groups excluding carboxylic acids is 1. The van der Waals surface area contributed by atoms with Crippen molar-refractivity contribution in [2.45, 2.75) is 19.6 Å². The first-order valence-corrected chi connectivity index (χ1v) is 4.51. The molecule has 0 radical (unpaired) electrons. The van der Waals surface area contributed by atoms with Crippen LogP contribution in [-0.2, 0) is 14.3 Å². The molecule has 0 saturated carbocycles. The van der Waals surface area contributed by atoms with Gasteiger partial charge in [-0.15, -0.1) is 0 Å². The van der Waals surface area contributed by atoms with Crippen LogP contribution in [0.1, 0.15) is 13.3 Å². The quantitative estimate of drug-likeness (QED) is 0.498. The van der Waals surface area contributed by atoms with Crippen LogP contribution in [0.4, 0.5) is 0 Å². The van der Waals surface area contributed by atoms with Crippen molar-refractivity contribution in [1.29, 1.82) is 0 Å². The zero-order chi connectivity index (χ0) is 10.4. The molecule has 0 fully saturated rings. The van der Waals surface area contributed by atoms with Crippen molar-refractivity contribution < 1.29 is 14.3 Å². The minimum atomic E-state index is -0.593. The highest BCUT2D eigenvalue weighted by atomic mass is 16.7. The molecular weight excluding hydrogens is 180 g/mol. The van der Waals surface area contributed by atoms with E-state index in [0.717, 1.165) is 6.42 Å². The highest BCUT2D eigenvalue weighted by Crippen LogP contribution is 2.05. The number of esters is 1. The van der Waals surface area contributed by atoms with Gasteiger partial charge >= 0.3 is 5.97 Å². The molecule has 1 heterocycles. The van der Waals surface area contributed by atoms with Crippen molar-refractivity contribution in [3.05, 3.63) is 36.5 Å². The summed E-state index contributed by atoms with van der Waals surface area (Å²) in [7, 11) is 0. The molecular formula is C11H14O3. The standard InChI is InChI=1S/C11H14O3/c1-9(2)11(12)14-10-7-5-3-4-6-8-13-10/h3-5,7,10H,1,6,8H2,2H3/b4-3-,7-5-. The average molecular weight is 194 g/mol. The minimum Gasteiger partial charge on any atom is -0.429 e. The Hall–Kier alpha value is -1.35. The van der Waals surface area contributed by atoms with Crippen LogP contribution < -0.4 is 0 Å². The minimum absolute atomic E-state index is 0.375. The van der Waals surface area contributed by atoms with Crippen molar-refractivity contribution in [1.82, 2.24) is 0 Å². The summed E-state index contributed by atoms with van der Waals surface area (Å²) in [6, 6.07) is 0. The van der Waals surface area contributed by atoms with Crippen molar-refractivity contribution >= 4 is 5.97 Å². The first-order chi connectivity index (χ1) is 6.70. The Morgan fingerprint density at radius 1 is 1.57 bits per heavy atom. The normalized spacial score (nSPS) is 25.6. The van der Waals surface area contributed by atoms with E-state index in [-0.39, 0.29) is 0 Å². The first kappa shape index (κ1) is 10.7. The maximum absolute atomic E-state index is 11.2. The van der Waals surface area contributed by atoms with Crippen LogP contribution in [0.25, 0.3) is 0 Å². The van der Waals surface area contributed by atoms with Crippen molar-refractivity contribution in [3.63, 3.8) is 0 Å². The molecule has 0 bridgehead atoms. The fourth-order valence-electron chi connectivity index (χ4n) is 0.917. The van der Waals surface area contributed by atoms with Gasteiger partial charge in [-0.25, -0.2) is 4.79 Å². The lowest BCUT2D eigenvalue weighted by molar-refractivity contribution is -0.163. The van der Waals surface area contributed by atoms with Gasteiger partial charge in [0, 0.05) is 5.57 Å². The second kappa shape index (κ2) is 5.40. The van der Waals surface area contributed by atoms with Gasteiger partial charge in [-0.2, -0.15) is 0 Å². The summed E-state index contributed by atoms with van der Waals surface area (Å²) in [6.45, 7) is 5.65. The van der Waals surface area contributed by atoms with Crippen LogP contribution in [-0.4, -0.2) is 18.9 Å². The molecule has 14 heavy (non-hydrogen) atoms. The summed E-state index contributed by atoms with van der Waals surface area (Å²) in [6.07, 6.45) is 7.62. The third-order valence-corrected chi connectivity index (χ3v) is 1.65. The number of carbonyl (C=O) groups is 1. The largest absolute Gasteiger partial charge is 0.429 e. The van der Waals surface area contributed by atoms with Crippen molar-refractivity contribution in [2.75, 3.05) is 6.61 Å². The summed E-state index contributed by atoms with van der Waals surface area (Å²) in [5, 5.41) is 0. The average Bonchev–Trinajstić information content (AvgIpc) is 2.08. The van der Waals surface area contributed by atoms with Crippen LogP contribution in [0.3, 0.4) is 0 Å². The van der Waals surface area contributed by atoms with Crippen LogP contribution in [0, 0.1) is 0 Å². The first-order valence-electron chi connectivity index (χ1n) is 4.51. The Bertz CT molecular complexity index is 276. The zero-order valence-electron chi connectivity index (χ0n) is 8.23. The summed E-state index contributed by atoms with van der Waals surface area (Å²) >= 11 is 0. The molecule has 0 aromatic heterocycles. The number of rotatable bonds is 2. The second-order valence-electron chi connectivity index (χ2n) is 3.03. The molecule has 3 nitrogen and oxygen atoms in total. The van der Waals surface area contributed by atoms with E-state index in [1.807, 2.05) is 12.2 Å². The Kier molecular flexibility index (Phi) is 4.13. The zero-order valence-corrected chi connectivity index (χ0v) is 8.23. The van der Waals surface area contributed by atoms with Crippen LogP contribution in [0.2, 0.25) is 0 Å². The van der Waals surface area contributed by atoms with E-state index in [1.165, 1.54) is 0 Å². The molecule has 0 spiro atoms. The molecule has 1 rings (SSSR count). The van der Waals surface area contributed by atoms with Gasteiger partial charge in [-0.05, 0) is 19.4 Å². The molecule has 1 aliphatic heterocycles. The fourth-order valence-corrected chi connectivity index (χ4v) is 0.917. The topological polar surface area (TPSA) is 35.5 Å². The summed E-state index contributed by atoms with van der Waals surface area (Å²) in [4.78, 5) is 11.2. The van der Waals surface area contributed by atoms with Gasteiger partial charge < -0.3 is 9.47 Å². The van der Waals surface area contributed by atoms with Gasteiger partial charge in [0.1, 0.15) is 0 Å². The van der Waals surface area contributed by atoms with Crippen LogP contribution >= 0.6 is 0 Å². The highest BCUT2D eigenvalue weighted by Gasteiger charge is 2.12. The SMILES string of the molecule is C=C(C)C(=O)OC1/C=C\C=C/CCO1. The van der Waals surface area contributed by atoms with E-state index < -0.39 is 12.3 Å². The summed E-state index contributed by atoms with van der Waals surface area (Å²) in [5.41, 5.74) is 0.375. The number of ether oxygens (including phenoxy) is 2. The lowest BCUT2D eigenvalue weighted by Gasteiger charge is -2.15. The summed E-state index contributed by atoms with van der Waals surface area (Å²) in [5.74, 6) is -0.427. The molecule has 1 aliphatic rings. The van der Waals surface area contributed by atoms with E-state index in [1.54, 1.807) is 19.1 Å². The number of hydrogen-bond donors (Lipinski definition) is 0. The summed E-state index contributed by atoms with van der Waals surface area (Å²) < 4.78 is 10.3. The number of allylic oxidation sites excluding steroid dienone is 2. The van der Waals surface area contributed by atoms with Gasteiger partial charge in [-0.3, -0.25) is 0 Å². The molecule has 0 aromatic rings. The molecule has 0 saturated heterocycles. The predicted molar refractivity (Wildman–Crippen MR) is 53.5 cm³/mol. The smallest absolute Gasteiger partial charge is 0.335 e. The molecule has 0 amide bonds. The monoisotopic (exact) mass is 194 g/mol. The van der Waals surface area contributed by atoms with E-state index >= 15 is 0 Å². The Morgan fingerprint density at radius 3 is 3.07 bits per heavy atom. The predicted octanol–water partition coefficient (Wildman–Crippen LogP) is 1.96. The molecule has 0 aromatic carbocycles. The third-order valence-electron chi connectivity index (χ3n) is 1.65. The maximum atomic E-state index is 11.2. The molecule has 3 heteroatoms. The van der Waals surface area contributed by atoms with E-state index in [9.17, 15) is 4.79 Å². The van der Waals surface area contributed by atoms with E-state index in [4.69, 9.17) is 9.47 Å². The lowest BCUT2D eigenvalue weighted by atomic mass is 10.3. The van der Waals surface area contributed by atoms with Crippen molar-refractivity contribution in [3.8, 4) is 0 Å². The Labute approximate surface area is 83.7 Å². The van der Waals surface area contributed by atoms with Crippen LogP contribution in [0.5, 0.6) is 0 Å². The fraction of sp³-hybridized carbons (Fsp3) is 0.364. The van der Waals surface area contributed by atoms with E-state index in [2.05, 4.69) is 6.58 Å². The van der Waals surface area contributed by atoms with Gasteiger partial charge in [-0.1, -0.05) is 24.8 Å². The third kappa shape index (κ3) is 3.58. The van der Waals surface area contributed by atoms with Crippen molar-refractivity contribution in [2.24, 2.45) is 0 Å². The van der Waals surface area contributed by atoms with E-state index in [0.29, 0.717) is 12.2 Å². The van der Waals surface area contributed by atoms with Gasteiger partial charge in [0.05, 0.1) is 6.61 Å². The van der Waals surface area contributed by atoms with Crippen LogP contribution in [0.15, 0.2) is 36.5 Å². The molecule has 1 unspecified atom stereocenters. The Balaban J connectivity index is 2.50. The maximum Gasteiger partial charge on any atom is 0.335 e. The molecule has 76 valence electrons. The molecule has 0 N–H and O–H groups in total. The second-order valence-corrected chi connectivity index (χ2v) is 3.03. The van der Waals surface area contributed by atoms with Gasteiger partial charge in [0.2, 0.25) is 6.29 Å².